The maximum atomic E-state index is 12.5. The Hall–Kier alpha value is -3.67. The zero-order valence-electron chi connectivity index (χ0n) is 17.9. The lowest BCUT2D eigenvalue weighted by Gasteiger charge is -2.06. The molecule has 1 N–H and O–H groups in total. The molecule has 32 heavy (non-hydrogen) atoms. The first-order valence-corrected chi connectivity index (χ1v) is 10.6. The molecule has 12 heteroatoms. The number of imidazole rings is 1. The molecular formula is C20H21N7O4S. The smallest absolute Gasteiger partial charge is 0.332 e. The molecule has 166 valence electrons. The highest BCUT2D eigenvalue weighted by Gasteiger charge is 2.17. The molecule has 0 bridgehead atoms. The van der Waals surface area contributed by atoms with Crippen molar-refractivity contribution < 1.29 is 9.21 Å². The van der Waals surface area contributed by atoms with Gasteiger partial charge in [-0.1, -0.05) is 18.9 Å². The molecule has 0 aliphatic carbocycles. The SMILES string of the molecule is CC(C)Sc1ccc(-c2nnc(NC(=O)Cn3cnc4c3c(=O)n(C)c(=O)n4C)o2)cc1. The normalized spacial score (nSPS) is 11.4. The van der Waals surface area contributed by atoms with Gasteiger partial charge in [0.05, 0.1) is 6.33 Å². The van der Waals surface area contributed by atoms with Crippen molar-refractivity contribution in [2.45, 2.75) is 30.5 Å². The molecule has 0 atom stereocenters. The highest BCUT2D eigenvalue weighted by molar-refractivity contribution is 7.99. The number of hydrogen-bond acceptors (Lipinski definition) is 8. The molecule has 0 saturated carbocycles. The molecule has 0 radical (unpaired) electrons. The molecule has 0 unspecified atom stereocenters. The van der Waals surface area contributed by atoms with Crippen molar-refractivity contribution in [1.29, 1.82) is 0 Å². The lowest BCUT2D eigenvalue weighted by Crippen LogP contribution is -2.37. The van der Waals surface area contributed by atoms with Crippen LogP contribution >= 0.6 is 11.8 Å². The fraction of sp³-hybridized carbons (Fsp3) is 0.300. The zero-order chi connectivity index (χ0) is 23.0. The van der Waals surface area contributed by atoms with Gasteiger partial charge in [0.2, 0.25) is 11.8 Å². The van der Waals surface area contributed by atoms with E-state index in [4.69, 9.17) is 4.42 Å². The first-order chi connectivity index (χ1) is 15.2. The highest BCUT2D eigenvalue weighted by Crippen LogP contribution is 2.26. The number of benzene rings is 1. The molecule has 1 amide bonds. The third kappa shape index (κ3) is 4.08. The summed E-state index contributed by atoms with van der Waals surface area (Å²) in [4.78, 5) is 42.2. The van der Waals surface area contributed by atoms with Crippen LogP contribution < -0.4 is 16.6 Å². The molecule has 4 aromatic rings. The number of anilines is 1. The zero-order valence-corrected chi connectivity index (χ0v) is 18.7. The molecule has 1 aromatic carbocycles. The van der Waals surface area contributed by atoms with Crippen LogP contribution in [0.3, 0.4) is 0 Å². The molecule has 0 aliphatic rings. The minimum atomic E-state index is -0.535. The minimum Gasteiger partial charge on any atom is -0.403 e. The average molecular weight is 456 g/mol. The fourth-order valence-corrected chi connectivity index (χ4v) is 4.01. The van der Waals surface area contributed by atoms with Gasteiger partial charge in [0.15, 0.2) is 11.2 Å². The summed E-state index contributed by atoms with van der Waals surface area (Å²) in [5.74, 6) is -0.211. The number of carbonyl (C=O) groups is 1. The van der Waals surface area contributed by atoms with Gasteiger partial charge in [-0.3, -0.25) is 24.0 Å². The third-order valence-corrected chi connectivity index (χ3v) is 5.69. The summed E-state index contributed by atoms with van der Waals surface area (Å²) in [5.41, 5.74) is 0.0514. The Bertz CT molecular complexity index is 1410. The number of aryl methyl sites for hydroxylation is 1. The van der Waals surface area contributed by atoms with Crippen molar-refractivity contribution in [2.75, 3.05) is 5.32 Å². The summed E-state index contributed by atoms with van der Waals surface area (Å²) >= 11 is 1.75. The molecule has 0 spiro atoms. The monoisotopic (exact) mass is 455 g/mol. The maximum Gasteiger partial charge on any atom is 0.332 e. The second-order valence-corrected chi connectivity index (χ2v) is 9.05. The number of rotatable bonds is 6. The first kappa shape index (κ1) is 21.6. The number of amides is 1. The van der Waals surface area contributed by atoms with Crippen LogP contribution in [0.25, 0.3) is 22.6 Å². The van der Waals surface area contributed by atoms with Gasteiger partial charge in [-0.15, -0.1) is 16.9 Å². The quantitative estimate of drug-likeness (QED) is 0.434. The molecule has 0 saturated heterocycles. The van der Waals surface area contributed by atoms with E-state index < -0.39 is 17.2 Å². The third-order valence-electron chi connectivity index (χ3n) is 4.68. The van der Waals surface area contributed by atoms with Gasteiger partial charge in [-0.25, -0.2) is 9.78 Å². The van der Waals surface area contributed by atoms with Crippen molar-refractivity contribution in [2.24, 2.45) is 14.1 Å². The number of hydrogen-bond donors (Lipinski definition) is 1. The van der Waals surface area contributed by atoms with Crippen LogP contribution in [0.15, 0.2) is 49.5 Å². The Kier molecular flexibility index (Phi) is 5.70. The molecule has 3 heterocycles. The lowest BCUT2D eigenvalue weighted by molar-refractivity contribution is -0.116. The van der Waals surface area contributed by atoms with E-state index in [1.165, 1.54) is 29.6 Å². The predicted octanol–water partition coefficient (Wildman–Crippen LogP) is 1.62. The summed E-state index contributed by atoms with van der Waals surface area (Å²) in [5, 5.41) is 10.8. The van der Waals surface area contributed by atoms with Crippen LogP contribution in [0, 0.1) is 0 Å². The topological polar surface area (TPSA) is 130 Å². The van der Waals surface area contributed by atoms with Crippen LogP contribution in [0.4, 0.5) is 6.01 Å². The summed E-state index contributed by atoms with van der Waals surface area (Å²) < 4.78 is 9.13. The second kappa shape index (κ2) is 8.46. The fourth-order valence-electron chi connectivity index (χ4n) is 3.17. The number of aromatic nitrogens is 6. The number of nitrogens with zero attached hydrogens (tertiary/aromatic N) is 6. The van der Waals surface area contributed by atoms with E-state index in [0.29, 0.717) is 5.25 Å². The summed E-state index contributed by atoms with van der Waals surface area (Å²) in [6.07, 6.45) is 1.33. The van der Waals surface area contributed by atoms with E-state index in [1.807, 2.05) is 24.3 Å². The van der Waals surface area contributed by atoms with E-state index >= 15 is 0 Å². The Morgan fingerprint density at radius 2 is 1.84 bits per heavy atom. The summed E-state index contributed by atoms with van der Waals surface area (Å²) in [7, 11) is 2.88. The Morgan fingerprint density at radius 3 is 2.53 bits per heavy atom. The van der Waals surface area contributed by atoms with Crippen LogP contribution in [0.5, 0.6) is 0 Å². The number of fused-ring (bicyclic) bond motifs is 1. The second-order valence-electron chi connectivity index (χ2n) is 7.40. The van der Waals surface area contributed by atoms with Crippen molar-refractivity contribution in [1.82, 2.24) is 28.9 Å². The van der Waals surface area contributed by atoms with Gasteiger partial charge in [0, 0.05) is 29.8 Å². The average Bonchev–Trinajstić information content (AvgIpc) is 3.38. The molecule has 4 rings (SSSR count). The Balaban J connectivity index is 1.50. The van der Waals surface area contributed by atoms with Crippen molar-refractivity contribution in [3.8, 4) is 11.5 Å². The van der Waals surface area contributed by atoms with E-state index in [2.05, 4.69) is 34.3 Å². The molecule has 0 aliphatic heterocycles. The molecule has 3 aromatic heterocycles. The summed E-state index contributed by atoms with van der Waals surface area (Å²) in [6, 6.07) is 7.64. The molecule has 0 fully saturated rings. The number of nitrogens with one attached hydrogen (secondary N) is 1. The van der Waals surface area contributed by atoms with Crippen molar-refractivity contribution in [3.05, 3.63) is 51.4 Å². The molecular weight excluding hydrogens is 434 g/mol. The van der Waals surface area contributed by atoms with Crippen molar-refractivity contribution in [3.63, 3.8) is 0 Å². The van der Waals surface area contributed by atoms with Gasteiger partial charge in [-0.05, 0) is 24.3 Å². The minimum absolute atomic E-state index is 0.0599. The van der Waals surface area contributed by atoms with Crippen LogP contribution in [0.1, 0.15) is 13.8 Å². The van der Waals surface area contributed by atoms with E-state index in [1.54, 1.807) is 11.8 Å². The largest absolute Gasteiger partial charge is 0.403 e. The van der Waals surface area contributed by atoms with Crippen LogP contribution in [-0.4, -0.2) is 40.0 Å². The van der Waals surface area contributed by atoms with Gasteiger partial charge in [-0.2, -0.15) is 0 Å². The van der Waals surface area contributed by atoms with Gasteiger partial charge in [0.25, 0.3) is 5.56 Å². The predicted molar refractivity (Wildman–Crippen MR) is 120 cm³/mol. The Morgan fingerprint density at radius 1 is 1.12 bits per heavy atom. The number of thioether (sulfide) groups is 1. The number of carbonyl (C=O) groups excluding carboxylic acids is 1. The van der Waals surface area contributed by atoms with Crippen LogP contribution in [0.2, 0.25) is 0 Å². The standard InChI is InChI=1S/C20H21N7O4S/c1-11(2)32-13-7-5-12(6-8-13)17-23-24-19(31-17)22-14(28)9-27-10-21-16-15(27)18(29)26(4)20(30)25(16)3/h5-8,10-11H,9H2,1-4H3,(H,22,24,28). The van der Waals surface area contributed by atoms with Crippen molar-refractivity contribution >= 4 is 34.8 Å². The molecule has 11 nitrogen and oxygen atoms in total. The summed E-state index contributed by atoms with van der Waals surface area (Å²) in [6.45, 7) is 4.02. The Labute approximate surface area is 186 Å². The van der Waals surface area contributed by atoms with Gasteiger partial charge >= 0.3 is 11.7 Å². The van der Waals surface area contributed by atoms with Gasteiger partial charge < -0.3 is 8.98 Å². The van der Waals surface area contributed by atoms with E-state index in [9.17, 15) is 14.4 Å². The van der Waals surface area contributed by atoms with Gasteiger partial charge in [0.1, 0.15) is 6.54 Å². The van der Waals surface area contributed by atoms with Crippen LogP contribution in [-0.2, 0) is 25.4 Å². The first-order valence-electron chi connectivity index (χ1n) is 9.76. The maximum absolute atomic E-state index is 12.5. The van der Waals surface area contributed by atoms with E-state index in [0.717, 1.165) is 15.0 Å². The van der Waals surface area contributed by atoms with E-state index in [-0.39, 0.29) is 29.6 Å². The highest BCUT2D eigenvalue weighted by atomic mass is 32.2. The lowest BCUT2D eigenvalue weighted by atomic mass is 10.2.